The maximum absolute atomic E-state index is 12.7. The Hall–Kier alpha value is -1.93. The molecule has 1 unspecified atom stereocenters. The Morgan fingerprint density at radius 2 is 1.95 bits per heavy atom. The van der Waals surface area contributed by atoms with E-state index in [1.807, 2.05) is 13.1 Å². The average molecular weight is 546 g/mol. The first kappa shape index (κ1) is 25.4. The lowest BCUT2D eigenvalue weighted by Gasteiger charge is -2.59. The maximum atomic E-state index is 12.7. The minimum absolute atomic E-state index is 0.0399. The van der Waals surface area contributed by atoms with Crippen LogP contribution in [0.25, 0.3) is 0 Å². The van der Waals surface area contributed by atoms with Gasteiger partial charge in [-0.2, -0.15) is 9.78 Å². The van der Waals surface area contributed by atoms with Gasteiger partial charge >= 0.3 is 0 Å². The average Bonchev–Trinajstić information content (AvgIpc) is 3.15. The summed E-state index contributed by atoms with van der Waals surface area (Å²) in [5.41, 5.74) is 4.18. The topological polar surface area (TPSA) is 67.7 Å². The van der Waals surface area contributed by atoms with Crippen LogP contribution in [0, 0.1) is 11.3 Å². The first-order valence-electron chi connectivity index (χ1n) is 13.5. The molecule has 6 rings (SSSR count). The number of nitrogens with zero attached hydrogens (tertiary/aromatic N) is 4. The zero-order valence-corrected chi connectivity index (χ0v) is 22.9. The van der Waals surface area contributed by atoms with Gasteiger partial charge in [-0.15, -0.1) is 0 Å². The first-order chi connectivity index (χ1) is 17.8. The summed E-state index contributed by atoms with van der Waals surface area (Å²) in [6, 6.07) is 4.01. The van der Waals surface area contributed by atoms with E-state index in [0.717, 1.165) is 69.3 Å². The fourth-order valence-electron chi connectivity index (χ4n) is 6.97. The number of carbonyl (C=O) groups is 1. The number of likely N-dealkylation sites (tertiary alicyclic amines) is 1. The Morgan fingerprint density at radius 1 is 1.14 bits per heavy atom. The number of hydrogen-bond acceptors (Lipinski definition) is 5. The van der Waals surface area contributed by atoms with E-state index >= 15 is 0 Å². The molecule has 4 aliphatic rings. The molecule has 0 N–H and O–H groups in total. The second-order valence-corrected chi connectivity index (χ2v) is 12.4. The van der Waals surface area contributed by atoms with Gasteiger partial charge in [0.1, 0.15) is 5.02 Å². The molecule has 198 valence electrons. The van der Waals surface area contributed by atoms with E-state index in [9.17, 15) is 9.59 Å². The molecule has 1 aromatic carbocycles. The van der Waals surface area contributed by atoms with Crippen LogP contribution >= 0.6 is 23.2 Å². The molecule has 1 aromatic heterocycles. The maximum Gasteiger partial charge on any atom is 0.288 e. The molecule has 2 aromatic rings. The Bertz CT molecular complexity index is 1260. The molecule has 0 radical (unpaired) electrons. The van der Waals surface area contributed by atoms with Crippen LogP contribution in [0.5, 0.6) is 0 Å². The quantitative estimate of drug-likeness (QED) is 0.504. The van der Waals surface area contributed by atoms with E-state index < -0.39 is 0 Å². The number of aromatic nitrogens is 2. The highest BCUT2D eigenvalue weighted by atomic mass is 35.5. The molecule has 1 saturated carbocycles. The lowest BCUT2D eigenvalue weighted by molar-refractivity contribution is -0.0937. The molecule has 7 nitrogen and oxygen atoms in total. The molecule has 1 amide bonds. The summed E-state index contributed by atoms with van der Waals surface area (Å²) in [6.45, 7) is 4.64. The summed E-state index contributed by atoms with van der Waals surface area (Å²) >= 11 is 12.8. The Morgan fingerprint density at radius 3 is 2.70 bits per heavy atom. The number of aryl methyl sites for hydroxylation is 1. The van der Waals surface area contributed by atoms with E-state index in [-0.39, 0.29) is 22.7 Å². The van der Waals surface area contributed by atoms with Gasteiger partial charge in [0.15, 0.2) is 6.23 Å². The fourth-order valence-corrected chi connectivity index (χ4v) is 7.46. The van der Waals surface area contributed by atoms with Crippen LogP contribution < -0.4 is 5.56 Å². The van der Waals surface area contributed by atoms with Crippen molar-refractivity contribution in [3.63, 3.8) is 0 Å². The minimum atomic E-state index is -0.291. The molecule has 3 fully saturated rings. The van der Waals surface area contributed by atoms with Gasteiger partial charge < -0.3 is 14.5 Å². The van der Waals surface area contributed by atoms with Crippen LogP contribution in [0.4, 0.5) is 0 Å². The van der Waals surface area contributed by atoms with Gasteiger partial charge in [-0.3, -0.25) is 9.59 Å². The summed E-state index contributed by atoms with van der Waals surface area (Å²) in [4.78, 5) is 29.4. The predicted octanol–water partition coefficient (Wildman–Crippen LogP) is 4.72. The standard InChI is InChI=1S/C28H34Cl2N4O3/c1-32-15-21-19(7-8-22(29)24(21)26(32)35)11-18-12-28(13-18)16-33(17-28)9-4-5-20-14-31-34(27(36)25(20)30)23-6-2-3-10-37-23/h7-8,14,18,23H,2-6,9-13,15-17H2,1H3. The molecule has 1 aliphatic carbocycles. The van der Waals surface area contributed by atoms with Gasteiger partial charge in [0.2, 0.25) is 0 Å². The van der Waals surface area contributed by atoms with Crippen LogP contribution in [0.1, 0.15) is 71.8 Å². The van der Waals surface area contributed by atoms with E-state index in [1.165, 1.54) is 23.1 Å². The van der Waals surface area contributed by atoms with Crippen molar-refractivity contribution in [1.82, 2.24) is 19.6 Å². The summed E-state index contributed by atoms with van der Waals surface area (Å²) in [6.07, 6.45) is 9.58. The number of halogens is 2. The number of carbonyl (C=O) groups excluding carboxylic acids is 1. The number of rotatable bonds is 7. The van der Waals surface area contributed by atoms with Crippen molar-refractivity contribution in [2.24, 2.45) is 11.3 Å². The Labute approximate surface area is 227 Å². The minimum Gasteiger partial charge on any atom is -0.356 e. The lowest BCUT2D eigenvalue weighted by Crippen LogP contribution is -2.62. The van der Waals surface area contributed by atoms with Crippen molar-refractivity contribution >= 4 is 29.1 Å². The molecule has 37 heavy (non-hydrogen) atoms. The van der Waals surface area contributed by atoms with E-state index in [4.69, 9.17) is 27.9 Å². The third-order valence-corrected chi connectivity index (χ3v) is 9.47. The summed E-state index contributed by atoms with van der Waals surface area (Å²) < 4.78 is 7.11. The highest BCUT2D eigenvalue weighted by molar-refractivity contribution is 6.34. The lowest BCUT2D eigenvalue weighted by atomic mass is 9.56. The van der Waals surface area contributed by atoms with Gasteiger partial charge in [-0.05, 0) is 92.0 Å². The summed E-state index contributed by atoms with van der Waals surface area (Å²) in [5.74, 6) is 0.719. The van der Waals surface area contributed by atoms with Gasteiger partial charge in [0.25, 0.3) is 11.5 Å². The van der Waals surface area contributed by atoms with Crippen molar-refractivity contribution in [3.8, 4) is 0 Å². The predicted molar refractivity (Wildman–Crippen MR) is 143 cm³/mol. The van der Waals surface area contributed by atoms with Crippen LogP contribution in [0.15, 0.2) is 23.1 Å². The molecule has 9 heteroatoms. The second kappa shape index (κ2) is 9.99. The smallest absolute Gasteiger partial charge is 0.288 e. The Balaban J connectivity index is 0.964. The van der Waals surface area contributed by atoms with Gasteiger partial charge in [-0.25, -0.2) is 0 Å². The van der Waals surface area contributed by atoms with Crippen LogP contribution in [0.2, 0.25) is 10.0 Å². The van der Waals surface area contributed by atoms with Gasteiger partial charge in [0.05, 0.1) is 16.8 Å². The van der Waals surface area contributed by atoms with Gasteiger partial charge in [-0.1, -0.05) is 29.3 Å². The van der Waals surface area contributed by atoms with Crippen molar-refractivity contribution < 1.29 is 9.53 Å². The molecule has 4 heterocycles. The largest absolute Gasteiger partial charge is 0.356 e. The number of hydrogen-bond donors (Lipinski definition) is 0. The van der Waals surface area contributed by atoms with E-state index in [0.29, 0.717) is 35.1 Å². The van der Waals surface area contributed by atoms with Gasteiger partial charge in [0, 0.05) is 33.3 Å². The molecule has 1 atom stereocenters. The molecule has 0 bridgehead atoms. The fraction of sp³-hybridized carbons (Fsp3) is 0.607. The highest BCUT2D eigenvalue weighted by Crippen LogP contribution is 2.53. The monoisotopic (exact) mass is 544 g/mol. The summed E-state index contributed by atoms with van der Waals surface area (Å²) in [7, 11) is 1.84. The molecular weight excluding hydrogens is 511 g/mol. The molecule has 2 saturated heterocycles. The Kier molecular flexibility index (Phi) is 6.85. The molecular formula is C28H34Cl2N4O3. The van der Waals surface area contributed by atoms with E-state index in [1.54, 1.807) is 11.1 Å². The van der Waals surface area contributed by atoms with E-state index in [2.05, 4.69) is 16.1 Å². The third-order valence-electron chi connectivity index (χ3n) is 8.75. The van der Waals surface area contributed by atoms with Crippen molar-refractivity contribution in [1.29, 1.82) is 0 Å². The SMILES string of the molecule is CN1Cc2c(CC3CC4(C3)CN(CCCc3cnn(C5CCCCO5)c(=O)c3Cl)C4)ccc(Cl)c2C1=O. The van der Waals surface area contributed by atoms with Crippen LogP contribution in [0.3, 0.4) is 0 Å². The molecule has 1 spiro atoms. The molecule has 3 aliphatic heterocycles. The first-order valence-corrected chi connectivity index (χ1v) is 14.2. The third kappa shape index (κ3) is 4.73. The number of amides is 1. The van der Waals surface area contributed by atoms with Crippen molar-refractivity contribution in [3.05, 3.63) is 61.0 Å². The zero-order chi connectivity index (χ0) is 25.7. The van der Waals surface area contributed by atoms with Crippen LogP contribution in [-0.4, -0.2) is 58.8 Å². The van der Waals surface area contributed by atoms with Crippen molar-refractivity contribution in [2.75, 3.05) is 33.3 Å². The number of ether oxygens (including phenoxy) is 1. The zero-order valence-electron chi connectivity index (χ0n) is 21.3. The van der Waals surface area contributed by atoms with Crippen molar-refractivity contribution in [2.45, 2.75) is 64.1 Å². The highest BCUT2D eigenvalue weighted by Gasteiger charge is 2.51. The second-order valence-electron chi connectivity index (χ2n) is 11.6. The summed E-state index contributed by atoms with van der Waals surface area (Å²) in [5, 5.41) is 5.23. The number of benzene rings is 1. The normalized spacial score (nSPS) is 23.3. The number of fused-ring (bicyclic) bond motifs is 1. The van der Waals surface area contributed by atoms with Crippen LogP contribution in [-0.2, 0) is 24.1 Å².